The summed E-state index contributed by atoms with van der Waals surface area (Å²) in [5.41, 5.74) is 4.33. The van der Waals surface area contributed by atoms with Crippen molar-refractivity contribution < 1.29 is 117 Å². The number of aromatic carboxylic acids is 1. The van der Waals surface area contributed by atoms with Gasteiger partial charge in [-0.15, -0.1) is 43.0 Å². The van der Waals surface area contributed by atoms with Gasteiger partial charge in [-0.2, -0.15) is 61.1 Å². The number of carbonyl (C=O) groups excluding carboxylic acids is 1. The summed E-state index contributed by atoms with van der Waals surface area (Å²) >= 11 is 0. The Labute approximate surface area is 552 Å². The predicted molar refractivity (Wildman–Crippen MR) is 336 cm³/mol. The van der Waals surface area contributed by atoms with Crippen LogP contribution in [0.3, 0.4) is 0 Å². The highest BCUT2D eigenvalue weighted by atomic mass is 32.2. The van der Waals surface area contributed by atoms with Crippen LogP contribution >= 0.6 is 0 Å². The van der Waals surface area contributed by atoms with Gasteiger partial charge in [-0.25, -0.2) is 4.79 Å². The zero-order chi connectivity index (χ0) is 72.2. The third-order valence-electron chi connectivity index (χ3n) is 11.4. The maximum absolute atomic E-state index is 12.1. The minimum atomic E-state index is -4.77. The first kappa shape index (κ1) is 77.6. The first-order chi connectivity index (χ1) is 45.6. The summed E-state index contributed by atoms with van der Waals surface area (Å²) in [7, 11) is -21.7. The minimum Gasteiger partial charge on any atom is -0.507 e. The Morgan fingerprint density at radius 2 is 0.794 bits per heavy atom. The summed E-state index contributed by atoms with van der Waals surface area (Å²) in [5, 5.41) is 73.5. The second-order valence-electron chi connectivity index (χ2n) is 18.0. The van der Waals surface area contributed by atoms with Crippen molar-refractivity contribution in [3.8, 4) is 17.2 Å². The monoisotopic (exact) mass is 1450 g/mol. The molecule has 0 saturated heterocycles. The van der Waals surface area contributed by atoms with Crippen molar-refractivity contribution >= 4 is 150 Å². The third kappa shape index (κ3) is 27.3. The van der Waals surface area contributed by atoms with Crippen molar-refractivity contribution in [3.05, 3.63) is 197 Å². The van der Waals surface area contributed by atoms with Crippen LogP contribution in [-0.2, 0) is 67.0 Å². The van der Waals surface area contributed by atoms with Crippen LogP contribution in [0.15, 0.2) is 225 Å². The molecule has 7 N–H and O–H groups in total. The van der Waals surface area contributed by atoms with Crippen LogP contribution in [-0.4, -0.2) is 122 Å². The van der Waals surface area contributed by atoms with Crippen molar-refractivity contribution in [3.63, 3.8) is 0 Å². The van der Waals surface area contributed by atoms with E-state index in [2.05, 4.69) is 50.8 Å². The third-order valence-corrected chi connectivity index (χ3v) is 14.1. The molecular formula is C56H45N10O25S6+. The number of carbonyl (C=O) groups is 2. The molecule has 41 heteroatoms. The molecule has 8 aromatic rings. The number of carboxylic acids is 1. The highest BCUT2D eigenvalue weighted by molar-refractivity contribution is 7.86. The van der Waals surface area contributed by atoms with Gasteiger partial charge >= 0.3 is 37.8 Å². The standard InChI is InChI=1S/C28H22N6O7S.C28H22N4O9S2.3O3S/c1-29-34(37)25-13-3-19(4-14-25)2-5-20-6-7-24(17-28(20)42(38,39)40)33-31-22-10-8-21(9-11-22)30-32-23-12-15-26(36)27(16-23)41-18-35;1-17-2-6-19(26(14-17)42(36,37)38)7-3-18-4-8-20(9-5-18)29-30-22-10-12-24(27(16-22)43(39,40)41)32-31-21-11-13-25(33)23(15-21)28(34)35;3*1-4(2)3/h2-18H,1H3,(H2-,29,30,33,36,37,38,39,40);2-16,33H,1H3,(H,34,35)(H,36,37,38)(H,39,40,41);;;/p+1/b;7-3+,30-29?,32-31?;;;. The maximum atomic E-state index is 12.1. The van der Waals surface area contributed by atoms with Crippen LogP contribution < -0.4 is 4.74 Å². The lowest BCUT2D eigenvalue weighted by atomic mass is 10.1. The number of phenolic OH excluding ortho intramolecular Hbond substituents is 1. The zero-order valence-electron chi connectivity index (χ0n) is 48.9. The van der Waals surface area contributed by atoms with E-state index in [1.165, 1.54) is 67.7 Å². The van der Waals surface area contributed by atoms with Crippen LogP contribution in [0.1, 0.15) is 38.2 Å². The van der Waals surface area contributed by atoms with Crippen molar-refractivity contribution in [2.75, 3.05) is 7.05 Å². The Bertz CT molecular complexity index is 5090. The SMILES string of the molecule is CN=[N+](O)c1ccc(/C=C/c2ccc(N=Nc3ccc(N=Nc4ccc(O)c(OC=O)c4)cc3)cc2S(=O)(=O)O)cc1.Cc1ccc(/C=C/c2ccc(N=Nc3ccc(N=Nc4ccc(O)c(C(=O)O)c4)c(S(=O)(=O)O)c3)cc2)c(S(=O)(=O)O)c1.O=S(=O)=O.O=S(=O)=O.O=S(=O)=O. The average Bonchev–Trinajstić information content (AvgIpc) is 0.840. The predicted octanol–water partition coefficient (Wildman–Crippen LogP) is 11.2. The normalized spacial score (nSPS) is 11.6. The number of aromatic hydroxyl groups is 2. The molecule has 0 saturated carbocycles. The molecule has 0 atom stereocenters. The quantitative estimate of drug-likeness (QED) is 0.00987. The second kappa shape index (κ2) is 36.6. The van der Waals surface area contributed by atoms with Gasteiger partial charge in [0.25, 0.3) is 42.5 Å². The second-order valence-corrected chi connectivity index (χ2v) is 23.4. The van der Waals surface area contributed by atoms with Gasteiger partial charge in [0.2, 0.25) is 0 Å². The molecule has 0 amide bonds. The van der Waals surface area contributed by atoms with E-state index in [1.54, 1.807) is 116 Å². The lowest BCUT2D eigenvalue weighted by Gasteiger charge is -2.04. The molecule has 0 aromatic heterocycles. The molecule has 97 heavy (non-hydrogen) atoms. The molecule has 35 nitrogen and oxygen atoms in total. The van der Waals surface area contributed by atoms with Crippen LogP contribution in [0, 0.1) is 6.92 Å². The molecule has 0 fully saturated rings. The zero-order valence-corrected chi connectivity index (χ0v) is 53.8. The van der Waals surface area contributed by atoms with E-state index >= 15 is 0 Å². The van der Waals surface area contributed by atoms with Gasteiger partial charge in [-0.3, -0.25) is 23.7 Å². The molecule has 0 aliphatic rings. The fourth-order valence-corrected chi connectivity index (χ4v) is 9.29. The number of phenols is 2. The maximum Gasteiger partial charge on any atom is 0.425 e. The topological polar surface area (TPSA) is 555 Å². The van der Waals surface area contributed by atoms with Crippen molar-refractivity contribution in [1.82, 2.24) is 0 Å². The number of aryl methyl sites for hydroxylation is 1. The Hall–Kier alpha value is -11.8. The summed E-state index contributed by atoms with van der Waals surface area (Å²) in [6, 6.07) is 39.8. The number of hydrogen-bond donors (Lipinski definition) is 7. The van der Waals surface area contributed by atoms with Gasteiger partial charge < -0.3 is 20.1 Å². The number of nitrogens with zero attached hydrogens (tertiary/aromatic N) is 10. The summed E-state index contributed by atoms with van der Waals surface area (Å²) in [6.07, 6.45) is 6.37. The lowest BCUT2D eigenvalue weighted by molar-refractivity contribution is -0.763. The van der Waals surface area contributed by atoms with Crippen molar-refractivity contribution in [2.24, 2.45) is 46.0 Å². The summed E-state index contributed by atoms with van der Waals surface area (Å²) in [5.74, 6) is -2.14. The molecular weight excluding hydrogens is 1410 g/mol. The molecule has 504 valence electrons. The van der Waals surface area contributed by atoms with E-state index in [9.17, 15) is 63.9 Å². The van der Waals surface area contributed by atoms with Crippen molar-refractivity contribution in [1.29, 1.82) is 0 Å². The van der Waals surface area contributed by atoms with Crippen LogP contribution in [0.2, 0.25) is 0 Å². The highest BCUT2D eigenvalue weighted by Crippen LogP contribution is 2.35. The molecule has 0 aliphatic carbocycles. The van der Waals surface area contributed by atoms with E-state index in [0.717, 1.165) is 28.6 Å². The molecule has 0 unspecified atom stereocenters. The van der Waals surface area contributed by atoms with Gasteiger partial charge in [0, 0.05) is 23.3 Å². The molecule has 0 heterocycles. The summed E-state index contributed by atoms with van der Waals surface area (Å²) in [4.78, 5) is 21.3. The Balaban J connectivity index is 0.000000353. The highest BCUT2D eigenvalue weighted by Gasteiger charge is 2.19. The molecule has 8 rings (SSSR count). The number of carboxylic acid groups (broad SMARTS) is 1. The van der Waals surface area contributed by atoms with E-state index < -0.39 is 84.4 Å². The molecule has 0 radical (unpaired) electrons. The van der Waals surface area contributed by atoms with E-state index in [4.69, 9.17) is 43.0 Å². The number of azo groups is 5. The summed E-state index contributed by atoms with van der Waals surface area (Å²) in [6.45, 7) is 1.90. The molecule has 0 bridgehead atoms. The average molecular weight is 1450 g/mol. The first-order valence-electron chi connectivity index (χ1n) is 25.6. The lowest BCUT2D eigenvalue weighted by Crippen LogP contribution is -2.01. The van der Waals surface area contributed by atoms with Gasteiger partial charge in [0.1, 0.15) is 36.5 Å². The van der Waals surface area contributed by atoms with Gasteiger partial charge in [-0.1, -0.05) is 54.6 Å². The Morgan fingerprint density at radius 1 is 0.443 bits per heavy atom. The number of ether oxygens (including phenoxy) is 1. The molecule has 8 aromatic carbocycles. The summed E-state index contributed by atoms with van der Waals surface area (Å²) < 4.78 is 181. The van der Waals surface area contributed by atoms with Crippen LogP contribution in [0.25, 0.3) is 24.3 Å². The number of benzene rings is 8. The Morgan fingerprint density at radius 3 is 1.24 bits per heavy atom. The van der Waals surface area contributed by atoms with Gasteiger partial charge in [0.15, 0.2) is 11.5 Å². The van der Waals surface area contributed by atoms with Crippen LogP contribution in [0.4, 0.5) is 51.2 Å². The fourth-order valence-electron chi connectivity index (χ4n) is 7.17. The number of rotatable bonds is 19. The molecule has 0 spiro atoms. The fraction of sp³-hybridized carbons (Fsp3) is 0.0357. The minimum absolute atomic E-state index is 0.0104. The number of hydrogen-bond acceptors (Lipinski definition) is 29. The largest absolute Gasteiger partial charge is 0.507 e. The van der Waals surface area contributed by atoms with E-state index in [0.29, 0.717) is 45.1 Å². The van der Waals surface area contributed by atoms with Gasteiger partial charge in [-0.05, 0) is 150 Å². The smallest absolute Gasteiger partial charge is 0.425 e. The molecule has 0 aliphatic heterocycles. The van der Waals surface area contributed by atoms with Crippen molar-refractivity contribution in [2.45, 2.75) is 21.6 Å². The van der Waals surface area contributed by atoms with Gasteiger partial charge in [0.05, 0.1) is 46.9 Å². The van der Waals surface area contributed by atoms with E-state index in [-0.39, 0.29) is 56.1 Å². The van der Waals surface area contributed by atoms with Crippen LogP contribution in [0.5, 0.6) is 17.2 Å². The van der Waals surface area contributed by atoms with E-state index in [1.807, 2.05) is 0 Å². The first-order valence-corrected chi connectivity index (χ1v) is 32.9. The Kier molecular flexibility index (Phi) is 29.3.